The van der Waals surface area contributed by atoms with Gasteiger partial charge in [0, 0.05) is 7.11 Å². The highest BCUT2D eigenvalue weighted by Crippen LogP contribution is 2.03. The Morgan fingerprint density at radius 2 is 2.00 bits per heavy atom. The molecule has 0 heterocycles. The molecule has 1 unspecified atom stereocenters. The first kappa shape index (κ1) is 14.6. The average Bonchev–Trinajstić information content (AvgIpc) is 2.42. The van der Waals surface area contributed by atoms with Crippen molar-refractivity contribution in [3.63, 3.8) is 0 Å². The highest BCUT2D eigenvalue weighted by molar-refractivity contribution is 5.79. The van der Waals surface area contributed by atoms with Gasteiger partial charge in [-0.3, -0.25) is 9.63 Å². The second-order valence-corrected chi connectivity index (χ2v) is 3.75. The molecular formula is C13H19NO4. The Kier molecular flexibility index (Phi) is 7.01. The highest BCUT2D eigenvalue weighted by atomic mass is 16.7. The molecule has 0 aromatic heterocycles. The molecule has 0 fully saturated rings. The summed E-state index contributed by atoms with van der Waals surface area (Å²) in [6.45, 7) is 2.82. The molecule has 100 valence electrons. The molecule has 0 saturated carbocycles. The molecule has 18 heavy (non-hydrogen) atoms. The molecule has 0 aliphatic carbocycles. The van der Waals surface area contributed by atoms with Crippen molar-refractivity contribution in [2.24, 2.45) is 0 Å². The smallest absolute Gasteiger partial charge is 0.272 e. The normalized spacial score (nSPS) is 12.1. The monoisotopic (exact) mass is 253 g/mol. The zero-order valence-electron chi connectivity index (χ0n) is 10.7. The van der Waals surface area contributed by atoms with E-state index >= 15 is 0 Å². The van der Waals surface area contributed by atoms with E-state index in [9.17, 15) is 4.79 Å². The van der Waals surface area contributed by atoms with E-state index in [4.69, 9.17) is 14.3 Å². The molecule has 1 rings (SSSR count). The van der Waals surface area contributed by atoms with Gasteiger partial charge in [-0.15, -0.1) is 0 Å². The summed E-state index contributed by atoms with van der Waals surface area (Å²) in [4.78, 5) is 16.4. The van der Waals surface area contributed by atoms with Gasteiger partial charge in [-0.05, 0) is 12.5 Å². The number of carbonyl (C=O) groups is 1. The van der Waals surface area contributed by atoms with E-state index in [1.165, 1.54) is 0 Å². The molecule has 5 nitrogen and oxygen atoms in total. The van der Waals surface area contributed by atoms with Crippen molar-refractivity contribution < 1.29 is 19.1 Å². The van der Waals surface area contributed by atoms with Crippen LogP contribution in [-0.4, -0.2) is 32.3 Å². The molecule has 0 aliphatic heterocycles. The average molecular weight is 253 g/mol. The van der Waals surface area contributed by atoms with Crippen LogP contribution in [0.15, 0.2) is 30.3 Å². The molecule has 0 saturated heterocycles. The van der Waals surface area contributed by atoms with Gasteiger partial charge in [-0.25, -0.2) is 5.48 Å². The van der Waals surface area contributed by atoms with E-state index in [1.807, 2.05) is 30.3 Å². The Bertz CT molecular complexity index is 342. The molecule has 5 heteroatoms. The summed E-state index contributed by atoms with van der Waals surface area (Å²) in [5.41, 5.74) is 3.33. The Labute approximate surface area is 107 Å². The van der Waals surface area contributed by atoms with Crippen LogP contribution in [-0.2, 0) is 25.7 Å². The molecule has 0 aliphatic rings. The maximum absolute atomic E-state index is 11.5. The van der Waals surface area contributed by atoms with Gasteiger partial charge in [0.25, 0.3) is 5.91 Å². The fourth-order valence-corrected chi connectivity index (χ4v) is 1.20. The number of amides is 1. The zero-order chi connectivity index (χ0) is 13.2. The van der Waals surface area contributed by atoms with E-state index < -0.39 is 6.10 Å². The minimum absolute atomic E-state index is 0.304. The second kappa shape index (κ2) is 8.63. The molecular weight excluding hydrogens is 234 g/mol. The van der Waals surface area contributed by atoms with Crippen LogP contribution in [0.3, 0.4) is 0 Å². The summed E-state index contributed by atoms with van der Waals surface area (Å²) in [7, 11) is 1.57. The summed E-state index contributed by atoms with van der Waals surface area (Å²) in [6.07, 6.45) is -0.562. The maximum atomic E-state index is 11.5. The van der Waals surface area contributed by atoms with E-state index in [-0.39, 0.29) is 5.91 Å². The van der Waals surface area contributed by atoms with E-state index in [0.717, 1.165) is 5.56 Å². The van der Waals surface area contributed by atoms with Gasteiger partial charge >= 0.3 is 0 Å². The molecule has 1 amide bonds. The Morgan fingerprint density at radius 1 is 1.28 bits per heavy atom. The third-order valence-corrected chi connectivity index (χ3v) is 2.27. The van der Waals surface area contributed by atoms with Crippen LogP contribution in [0.5, 0.6) is 0 Å². The van der Waals surface area contributed by atoms with E-state index in [1.54, 1.807) is 14.0 Å². The van der Waals surface area contributed by atoms with Gasteiger partial charge < -0.3 is 9.47 Å². The summed E-state index contributed by atoms with van der Waals surface area (Å²) < 4.78 is 10.2. The number of ether oxygens (including phenoxy) is 2. The fourth-order valence-electron chi connectivity index (χ4n) is 1.20. The predicted octanol–water partition coefficient (Wildman–Crippen LogP) is 1.29. The van der Waals surface area contributed by atoms with Crippen LogP contribution in [0.25, 0.3) is 0 Å². The van der Waals surface area contributed by atoms with E-state index in [0.29, 0.717) is 19.8 Å². The number of methoxy groups -OCH3 is 1. The van der Waals surface area contributed by atoms with Crippen molar-refractivity contribution in [2.45, 2.75) is 19.6 Å². The SMILES string of the molecule is COCCONC(=O)C(C)OCc1ccccc1. The molecule has 0 radical (unpaired) electrons. The van der Waals surface area contributed by atoms with Gasteiger partial charge in [-0.1, -0.05) is 30.3 Å². The van der Waals surface area contributed by atoms with Crippen molar-refractivity contribution >= 4 is 5.91 Å². The van der Waals surface area contributed by atoms with Gasteiger partial charge in [0.1, 0.15) is 6.10 Å². The van der Waals surface area contributed by atoms with Crippen LogP contribution in [0, 0.1) is 0 Å². The van der Waals surface area contributed by atoms with Crippen molar-refractivity contribution in [3.05, 3.63) is 35.9 Å². The number of hydrogen-bond acceptors (Lipinski definition) is 4. The lowest BCUT2D eigenvalue weighted by Gasteiger charge is -2.13. The minimum atomic E-state index is -0.562. The lowest BCUT2D eigenvalue weighted by atomic mass is 10.2. The van der Waals surface area contributed by atoms with Crippen molar-refractivity contribution in [1.29, 1.82) is 0 Å². The summed E-state index contributed by atoms with van der Waals surface area (Å²) >= 11 is 0. The van der Waals surface area contributed by atoms with Gasteiger partial charge in [0.05, 0.1) is 19.8 Å². The summed E-state index contributed by atoms with van der Waals surface area (Å²) in [5, 5.41) is 0. The van der Waals surface area contributed by atoms with E-state index in [2.05, 4.69) is 5.48 Å². The zero-order valence-corrected chi connectivity index (χ0v) is 10.7. The molecule has 1 aromatic rings. The quantitative estimate of drug-likeness (QED) is 0.560. The van der Waals surface area contributed by atoms with Gasteiger partial charge in [0.15, 0.2) is 0 Å². The molecule has 1 atom stereocenters. The van der Waals surface area contributed by atoms with Crippen molar-refractivity contribution in [1.82, 2.24) is 5.48 Å². The summed E-state index contributed by atoms with van der Waals surface area (Å²) in [5.74, 6) is -0.304. The standard InChI is InChI=1S/C13H19NO4/c1-11(13(15)14-18-9-8-16-2)17-10-12-6-4-3-5-7-12/h3-7,11H,8-10H2,1-2H3,(H,14,15). The molecule has 1 N–H and O–H groups in total. The number of hydrogen-bond donors (Lipinski definition) is 1. The van der Waals surface area contributed by atoms with Gasteiger partial charge in [0.2, 0.25) is 0 Å². The Morgan fingerprint density at radius 3 is 2.67 bits per heavy atom. The third-order valence-electron chi connectivity index (χ3n) is 2.27. The first-order valence-corrected chi connectivity index (χ1v) is 5.80. The molecule has 1 aromatic carbocycles. The predicted molar refractivity (Wildman–Crippen MR) is 66.7 cm³/mol. The number of nitrogens with one attached hydrogen (secondary N) is 1. The Hall–Kier alpha value is -1.43. The lowest BCUT2D eigenvalue weighted by molar-refractivity contribution is -0.146. The van der Waals surface area contributed by atoms with Crippen LogP contribution in [0.2, 0.25) is 0 Å². The fraction of sp³-hybridized carbons (Fsp3) is 0.462. The second-order valence-electron chi connectivity index (χ2n) is 3.75. The first-order valence-electron chi connectivity index (χ1n) is 5.80. The summed E-state index contributed by atoms with van der Waals surface area (Å²) in [6, 6.07) is 9.68. The minimum Gasteiger partial charge on any atom is -0.382 e. The lowest BCUT2D eigenvalue weighted by Crippen LogP contribution is -2.35. The highest BCUT2D eigenvalue weighted by Gasteiger charge is 2.13. The van der Waals surface area contributed by atoms with Crippen molar-refractivity contribution in [2.75, 3.05) is 20.3 Å². The van der Waals surface area contributed by atoms with Crippen LogP contribution in [0.1, 0.15) is 12.5 Å². The topological polar surface area (TPSA) is 56.8 Å². The Balaban J connectivity index is 2.19. The number of carbonyl (C=O) groups excluding carboxylic acids is 1. The number of benzene rings is 1. The number of rotatable bonds is 8. The van der Waals surface area contributed by atoms with Crippen LogP contribution >= 0.6 is 0 Å². The van der Waals surface area contributed by atoms with Crippen LogP contribution in [0.4, 0.5) is 0 Å². The number of hydroxylamine groups is 1. The molecule has 0 bridgehead atoms. The van der Waals surface area contributed by atoms with Gasteiger partial charge in [-0.2, -0.15) is 0 Å². The van der Waals surface area contributed by atoms with Crippen molar-refractivity contribution in [3.8, 4) is 0 Å². The molecule has 0 spiro atoms. The first-order chi connectivity index (χ1) is 8.74. The third kappa shape index (κ3) is 5.77. The largest absolute Gasteiger partial charge is 0.382 e. The van der Waals surface area contributed by atoms with Crippen LogP contribution < -0.4 is 5.48 Å². The maximum Gasteiger partial charge on any atom is 0.272 e.